The number of rotatable bonds is 4. The Hall–Kier alpha value is -0.830. The molecule has 0 saturated heterocycles. The Labute approximate surface area is 134 Å². The molecular weight excluding hydrogens is 334 g/mol. The van der Waals surface area contributed by atoms with Crippen LogP contribution in [0.15, 0.2) is 40.9 Å². The lowest BCUT2D eigenvalue weighted by Crippen LogP contribution is -2.22. The van der Waals surface area contributed by atoms with Gasteiger partial charge in [-0.25, -0.2) is 0 Å². The monoisotopic (exact) mass is 351 g/mol. The second-order valence-corrected chi connectivity index (χ2v) is 6.37. The Morgan fingerprint density at radius 3 is 2.30 bits per heavy atom. The van der Waals surface area contributed by atoms with Crippen LogP contribution in [0, 0.1) is 13.8 Å². The van der Waals surface area contributed by atoms with E-state index in [9.17, 15) is 0 Å². The van der Waals surface area contributed by atoms with Crippen LogP contribution in [-0.2, 0) is 0 Å². The largest absolute Gasteiger partial charge is 0.306 e. The van der Waals surface area contributed by atoms with E-state index in [1.165, 1.54) is 22.3 Å². The SMILES string of the molecule is CCNC(c1cc(C)cc(C)c1)c1ccc(Cl)cc1Br. The van der Waals surface area contributed by atoms with Gasteiger partial charge in [-0.3, -0.25) is 0 Å². The molecule has 0 aliphatic heterocycles. The van der Waals surface area contributed by atoms with Crippen molar-refractivity contribution in [2.75, 3.05) is 6.54 Å². The predicted molar refractivity (Wildman–Crippen MR) is 90.6 cm³/mol. The van der Waals surface area contributed by atoms with Crippen molar-refractivity contribution in [2.24, 2.45) is 0 Å². The fourth-order valence-corrected chi connectivity index (χ4v) is 3.44. The smallest absolute Gasteiger partial charge is 0.0588 e. The van der Waals surface area contributed by atoms with Crippen LogP contribution < -0.4 is 5.32 Å². The quantitative estimate of drug-likeness (QED) is 0.775. The highest BCUT2D eigenvalue weighted by Gasteiger charge is 2.16. The van der Waals surface area contributed by atoms with Gasteiger partial charge < -0.3 is 5.32 Å². The number of aryl methyl sites for hydroxylation is 2. The van der Waals surface area contributed by atoms with E-state index in [0.29, 0.717) is 0 Å². The summed E-state index contributed by atoms with van der Waals surface area (Å²) < 4.78 is 1.04. The highest BCUT2D eigenvalue weighted by molar-refractivity contribution is 9.10. The first kappa shape index (κ1) is 15.6. The molecule has 0 aromatic heterocycles. The Kier molecular flexibility index (Phi) is 5.25. The molecule has 0 aliphatic carbocycles. The molecule has 1 atom stereocenters. The third kappa shape index (κ3) is 3.63. The van der Waals surface area contributed by atoms with E-state index < -0.39 is 0 Å². The molecule has 0 bridgehead atoms. The Bertz CT molecular complexity index is 590. The van der Waals surface area contributed by atoms with E-state index in [2.05, 4.69) is 66.3 Å². The molecule has 106 valence electrons. The molecule has 1 N–H and O–H groups in total. The van der Waals surface area contributed by atoms with Crippen molar-refractivity contribution in [1.82, 2.24) is 5.32 Å². The van der Waals surface area contributed by atoms with Crippen LogP contribution in [0.4, 0.5) is 0 Å². The van der Waals surface area contributed by atoms with Gasteiger partial charge in [-0.15, -0.1) is 0 Å². The van der Waals surface area contributed by atoms with Gasteiger partial charge in [0.2, 0.25) is 0 Å². The molecular formula is C17H19BrClN. The molecule has 0 radical (unpaired) electrons. The normalized spacial score (nSPS) is 12.4. The summed E-state index contributed by atoms with van der Waals surface area (Å²) in [5.41, 5.74) is 5.06. The van der Waals surface area contributed by atoms with E-state index in [4.69, 9.17) is 11.6 Å². The minimum atomic E-state index is 0.172. The van der Waals surface area contributed by atoms with E-state index in [-0.39, 0.29) is 6.04 Å². The number of nitrogens with one attached hydrogen (secondary N) is 1. The summed E-state index contributed by atoms with van der Waals surface area (Å²) in [5, 5.41) is 4.30. The summed E-state index contributed by atoms with van der Waals surface area (Å²) in [5.74, 6) is 0. The second-order valence-electron chi connectivity index (χ2n) is 5.08. The summed E-state index contributed by atoms with van der Waals surface area (Å²) in [6.07, 6.45) is 0. The molecule has 0 spiro atoms. The van der Waals surface area contributed by atoms with Gasteiger partial charge in [0.25, 0.3) is 0 Å². The third-order valence-corrected chi connectivity index (χ3v) is 4.18. The lowest BCUT2D eigenvalue weighted by atomic mass is 9.95. The van der Waals surface area contributed by atoms with Crippen molar-refractivity contribution >= 4 is 27.5 Å². The molecule has 3 heteroatoms. The third-order valence-electron chi connectivity index (χ3n) is 3.26. The zero-order valence-electron chi connectivity index (χ0n) is 12.0. The van der Waals surface area contributed by atoms with Crippen molar-refractivity contribution in [1.29, 1.82) is 0 Å². The van der Waals surface area contributed by atoms with Crippen LogP contribution in [0.3, 0.4) is 0 Å². The molecule has 0 heterocycles. The van der Waals surface area contributed by atoms with Gasteiger partial charge in [-0.2, -0.15) is 0 Å². The lowest BCUT2D eigenvalue weighted by Gasteiger charge is -2.21. The van der Waals surface area contributed by atoms with Gasteiger partial charge in [-0.05, 0) is 43.7 Å². The van der Waals surface area contributed by atoms with Crippen molar-refractivity contribution < 1.29 is 0 Å². The molecule has 0 amide bonds. The van der Waals surface area contributed by atoms with Crippen LogP contribution in [0.1, 0.15) is 35.2 Å². The van der Waals surface area contributed by atoms with E-state index in [1.807, 2.05) is 12.1 Å². The molecule has 0 fully saturated rings. The summed E-state index contributed by atoms with van der Waals surface area (Å²) in [6, 6.07) is 12.8. The summed E-state index contributed by atoms with van der Waals surface area (Å²) >= 11 is 9.67. The van der Waals surface area contributed by atoms with Crippen molar-refractivity contribution in [3.05, 3.63) is 68.1 Å². The summed E-state index contributed by atoms with van der Waals surface area (Å²) in [6.45, 7) is 7.30. The number of hydrogen-bond donors (Lipinski definition) is 1. The van der Waals surface area contributed by atoms with Crippen LogP contribution in [0.2, 0.25) is 5.02 Å². The second kappa shape index (κ2) is 6.75. The maximum absolute atomic E-state index is 6.04. The Morgan fingerprint density at radius 2 is 1.75 bits per heavy atom. The average Bonchev–Trinajstić information content (AvgIpc) is 2.35. The van der Waals surface area contributed by atoms with Gasteiger partial charge in [0.15, 0.2) is 0 Å². The number of halogens is 2. The van der Waals surface area contributed by atoms with Crippen molar-refractivity contribution in [3.8, 4) is 0 Å². The first-order valence-electron chi connectivity index (χ1n) is 6.77. The molecule has 0 aliphatic rings. The van der Waals surface area contributed by atoms with E-state index >= 15 is 0 Å². The fraction of sp³-hybridized carbons (Fsp3) is 0.294. The maximum Gasteiger partial charge on any atom is 0.0588 e. The van der Waals surface area contributed by atoms with Crippen LogP contribution >= 0.6 is 27.5 Å². The van der Waals surface area contributed by atoms with Gasteiger partial charge >= 0.3 is 0 Å². The first-order valence-corrected chi connectivity index (χ1v) is 7.95. The van der Waals surface area contributed by atoms with Crippen LogP contribution in [-0.4, -0.2) is 6.54 Å². The molecule has 1 unspecified atom stereocenters. The van der Waals surface area contributed by atoms with Crippen LogP contribution in [0.5, 0.6) is 0 Å². The number of hydrogen-bond acceptors (Lipinski definition) is 1. The minimum Gasteiger partial charge on any atom is -0.306 e. The highest BCUT2D eigenvalue weighted by atomic mass is 79.9. The highest BCUT2D eigenvalue weighted by Crippen LogP contribution is 2.31. The lowest BCUT2D eigenvalue weighted by molar-refractivity contribution is 0.628. The fourth-order valence-electron chi connectivity index (χ4n) is 2.52. The molecule has 20 heavy (non-hydrogen) atoms. The zero-order valence-corrected chi connectivity index (χ0v) is 14.3. The molecule has 2 aromatic rings. The Morgan fingerprint density at radius 1 is 1.10 bits per heavy atom. The van der Waals surface area contributed by atoms with E-state index in [0.717, 1.165) is 16.0 Å². The topological polar surface area (TPSA) is 12.0 Å². The van der Waals surface area contributed by atoms with Crippen molar-refractivity contribution in [3.63, 3.8) is 0 Å². The van der Waals surface area contributed by atoms with E-state index in [1.54, 1.807) is 0 Å². The molecule has 0 saturated carbocycles. The standard InChI is InChI=1S/C17H19BrClN/c1-4-20-17(13-8-11(2)7-12(3)9-13)15-6-5-14(19)10-16(15)18/h5-10,17,20H,4H2,1-3H3. The van der Waals surface area contributed by atoms with Gasteiger partial charge in [0.1, 0.15) is 0 Å². The predicted octanol–water partition coefficient (Wildman–Crippen LogP) is 5.42. The average molecular weight is 353 g/mol. The first-order chi connectivity index (χ1) is 9.51. The van der Waals surface area contributed by atoms with Crippen LogP contribution in [0.25, 0.3) is 0 Å². The van der Waals surface area contributed by atoms with Crippen molar-refractivity contribution in [2.45, 2.75) is 26.8 Å². The maximum atomic E-state index is 6.04. The molecule has 1 nitrogen and oxygen atoms in total. The van der Waals surface area contributed by atoms with Gasteiger partial charge in [0.05, 0.1) is 6.04 Å². The summed E-state index contributed by atoms with van der Waals surface area (Å²) in [4.78, 5) is 0. The summed E-state index contributed by atoms with van der Waals surface area (Å²) in [7, 11) is 0. The minimum absolute atomic E-state index is 0.172. The Balaban J connectivity index is 2.49. The molecule has 2 rings (SSSR count). The van der Waals surface area contributed by atoms with Gasteiger partial charge in [0, 0.05) is 9.50 Å². The number of benzene rings is 2. The zero-order chi connectivity index (χ0) is 14.7. The van der Waals surface area contributed by atoms with Gasteiger partial charge in [-0.1, -0.05) is 69.8 Å². The molecule has 2 aromatic carbocycles.